The second-order valence-corrected chi connectivity index (χ2v) is 9.59. The van der Waals surface area contributed by atoms with Crippen molar-refractivity contribution in [2.24, 2.45) is 0 Å². The van der Waals surface area contributed by atoms with E-state index in [0.29, 0.717) is 0 Å². The van der Waals surface area contributed by atoms with Crippen LogP contribution in [0.15, 0.2) is 94.3 Å². The normalized spacial score (nSPS) is 13.4. The van der Waals surface area contributed by atoms with E-state index in [-0.39, 0.29) is 23.3 Å². The maximum absolute atomic E-state index is 13.1. The molecule has 0 bridgehead atoms. The van der Waals surface area contributed by atoms with Crippen LogP contribution in [0.25, 0.3) is 0 Å². The molecule has 0 aliphatic heterocycles. The van der Waals surface area contributed by atoms with Crippen molar-refractivity contribution in [1.82, 2.24) is 10.0 Å². The highest BCUT2D eigenvalue weighted by atomic mass is 79.9. The molecule has 3 aromatic rings. The minimum Gasteiger partial charge on any atom is -0.348 e. The smallest absolute Gasteiger partial charge is 0.241 e. The third-order valence-corrected chi connectivity index (χ3v) is 6.70. The molecule has 7 heteroatoms. The van der Waals surface area contributed by atoms with Gasteiger partial charge in [0.1, 0.15) is 6.04 Å². The van der Waals surface area contributed by atoms with Crippen LogP contribution in [0.5, 0.6) is 0 Å². The van der Waals surface area contributed by atoms with Gasteiger partial charge in [-0.1, -0.05) is 76.6 Å². The lowest BCUT2D eigenvalue weighted by atomic mass is 10.0. The lowest BCUT2D eigenvalue weighted by Crippen LogP contribution is -2.48. The average molecular weight is 487 g/mol. The predicted molar refractivity (Wildman–Crippen MR) is 121 cm³/mol. The van der Waals surface area contributed by atoms with E-state index in [2.05, 4.69) is 26.0 Å². The van der Waals surface area contributed by atoms with Crippen molar-refractivity contribution in [2.45, 2.75) is 30.3 Å². The van der Waals surface area contributed by atoms with Crippen molar-refractivity contribution in [3.63, 3.8) is 0 Å². The van der Waals surface area contributed by atoms with Crippen molar-refractivity contribution in [3.05, 3.63) is 101 Å². The molecule has 2 N–H and O–H groups in total. The Balaban J connectivity index is 1.81. The van der Waals surface area contributed by atoms with E-state index < -0.39 is 16.1 Å². The molecule has 0 unspecified atom stereocenters. The molecule has 0 fully saturated rings. The van der Waals surface area contributed by atoms with Gasteiger partial charge in [0.2, 0.25) is 15.9 Å². The van der Waals surface area contributed by atoms with Gasteiger partial charge >= 0.3 is 0 Å². The first-order chi connectivity index (χ1) is 14.3. The summed E-state index contributed by atoms with van der Waals surface area (Å²) in [6.07, 6.45) is 0.242. The fourth-order valence-electron chi connectivity index (χ4n) is 3.04. The number of carbonyl (C=O) groups excluding carboxylic acids is 1. The fourth-order valence-corrected chi connectivity index (χ4v) is 4.52. The molecular weight excluding hydrogens is 464 g/mol. The highest BCUT2D eigenvalue weighted by Gasteiger charge is 2.27. The van der Waals surface area contributed by atoms with E-state index in [1.807, 2.05) is 61.5 Å². The molecule has 5 nitrogen and oxygen atoms in total. The van der Waals surface area contributed by atoms with Crippen LogP contribution in [0.1, 0.15) is 24.1 Å². The topological polar surface area (TPSA) is 75.3 Å². The highest BCUT2D eigenvalue weighted by molar-refractivity contribution is 9.10. The molecular formula is C23H23BrN2O3S. The van der Waals surface area contributed by atoms with Crippen LogP contribution >= 0.6 is 15.9 Å². The molecule has 0 spiro atoms. The van der Waals surface area contributed by atoms with Gasteiger partial charge in [-0.3, -0.25) is 4.79 Å². The number of nitrogens with one attached hydrogen (secondary N) is 2. The third kappa shape index (κ3) is 6.01. The Kier molecular flexibility index (Phi) is 7.42. The quantitative estimate of drug-likeness (QED) is 0.500. The molecule has 0 saturated carbocycles. The summed E-state index contributed by atoms with van der Waals surface area (Å²) >= 11 is 3.40. The minimum absolute atomic E-state index is 0.122. The summed E-state index contributed by atoms with van der Waals surface area (Å²) in [5, 5.41) is 2.93. The lowest BCUT2D eigenvalue weighted by molar-refractivity contribution is -0.123. The van der Waals surface area contributed by atoms with Crippen LogP contribution in [0.3, 0.4) is 0 Å². The van der Waals surface area contributed by atoms with Crippen molar-refractivity contribution in [3.8, 4) is 0 Å². The number of halogens is 1. The standard InChI is InChI=1S/C23H23BrN2O3S/c1-17(19-12-14-20(24)15-13-19)25-23(27)22(16-18-8-4-2-5-9-18)26-30(28,29)21-10-6-3-7-11-21/h2-15,17,22,26H,16H2,1H3,(H,25,27)/t17-,22-/m1/s1. The summed E-state index contributed by atoms with van der Waals surface area (Å²) in [4.78, 5) is 13.2. The van der Waals surface area contributed by atoms with Gasteiger partial charge < -0.3 is 5.32 Å². The summed E-state index contributed by atoms with van der Waals surface area (Å²) in [5.74, 6) is -0.381. The number of amides is 1. The maximum atomic E-state index is 13.1. The summed E-state index contributed by atoms with van der Waals surface area (Å²) in [7, 11) is -3.85. The molecule has 0 aliphatic rings. The molecule has 0 aliphatic carbocycles. The van der Waals surface area contributed by atoms with Crippen molar-refractivity contribution in [2.75, 3.05) is 0 Å². The summed E-state index contributed by atoms with van der Waals surface area (Å²) in [6.45, 7) is 1.87. The maximum Gasteiger partial charge on any atom is 0.241 e. The predicted octanol–water partition coefficient (Wildman–Crippen LogP) is 4.22. The average Bonchev–Trinajstić information content (AvgIpc) is 2.75. The number of sulfonamides is 1. The van der Waals surface area contributed by atoms with Crippen molar-refractivity contribution < 1.29 is 13.2 Å². The lowest BCUT2D eigenvalue weighted by Gasteiger charge is -2.22. The van der Waals surface area contributed by atoms with Crippen LogP contribution < -0.4 is 10.0 Å². The van der Waals surface area contributed by atoms with Crippen LogP contribution in [-0.4, -0.2) is 20.4 Å². The fraction of sp³-hybridized carbons (Fsp3) is 0.174. The molecule has 30 heavy (non-hydrogen) atoms. The van der Waals surface area contributed by atoms with E-state index in [9.17, 15) is 13.2 Å². The van der Waals surface area contributed by atoms with Crippen molar-refractivity contribution in [1.29, 1.82) is 0 Å². The molecule has 0 aromatic heterocycles. The number of hydrogen-bond acceptors (Lipinski definition) is 3. The van der Waals surface area contributed by atoms with Gasteiger partial charge in [0.15, 0.2) is 0 Å². The first-order valence-corrected chi connectivity index (χ1v) is 11.8. The Morgan fingerprint density at radius 3 is 2.07 bits per heavy atom. The molecule has 3 rings (SSSR count). The van der Waals surface area contributed by atoms with E-state index in [1.54, 1.807) is 18.2 Å². The summed E-state index contributed by atoms with van der Waals surface area (Å²) in [6, 6.07) is 23.8. The van der Waals surface area contributed by atoms with Gasteiger partial charge in [0.05, 0.1) is 10.9 Å². The van der Waals surface area contributed by atoms with Crippen LogP contribution in [0.4, 0.5) is 0 Å². The van der Waals surface area contributed by atoms with Gasteiger partial charge in [-0.05, 0) is 48.7 Å². The van der Waals surface area contributed by atoms with E-state index in [0.717, 1.165) is 15.6 Å². The van der Waals surface area contributed by atoms with E-state index >= 15 is 0 Å². The molecule has 2 atom stereocenters. The first kappa shape index (κ1) is 22.2. The van der Waals surface area contributed by atoms with Gasteiger partial charge in [-0.2, -0.15) is 4.72 Å². The Morgan fingerprint density at radius 2 is 1.47 bits per heavy atom. The van der Waals surface area contributed by atoms with E-state index in [4.69, 9.17) is 0 Å². The van der Waals surface area contributed by atoms with Gasteiger partial charge in [-0.15, -0.1) is 0 Å². The molecule has 0 saturated heterocycles. The molecule has 0 radical (unpaired) electrons. The largest absolute Gasteiger partial charge is 0.348 e. The van der Waals surface area contributed by atoms with Crippen LogP contribution in [0.2, 0.25) is 0 Å². The van der Waals surface area contributed by atoms with Crippen LogP contribution in [-0.2, 0) is 21.2 Å². The molecule has 3 aromatic carbocycles. The number of carbonyl (C=O) groups is 1. The Bertz CT molecular complexity index is 1070. The van der Waals surface area contributed by atoms with E-state index in [1.165, 1.54) is 12.1 Å². The molecule has 156 valence electrons. The second-order valence-electron chi connectivity index (χ2n) is 6.96. The van der Waals surface area contributed by atoms with Gasteiger partial charge in [0.25, 0.3) is 0 Å². The highest BCUT2D eigenvalue weighted by Crippen LogP contribution is 2.17. The minimum atomic E-state index is -3.85. The summed E-state index contributed by atoms with van der Waals surface area (Å²) in [5.41, 5.74) is 1.79. The second kappa shape index (κ2) is 10.0. The molecule has 0 heterocycles. The zero-order valence-corrected chi connectivity index (χ0v) is 18.9. The number of hydrogen-bond donors (Lipinski definition) is 2. The SMILES string of the molecule is C[C@@H](NC(=O)[C@@H](Cc1ccccc1)NS(=O)(=O)c1ccccc1)c1ccc(Br)cc1. The first-order valence-electron chi connectivity index (χ1n) is 9.52. The summed E-state index contributed by atoms with van der Waals surface area (Å²) < 4.78 is 29.2. The van der Waals surface area contributed by atoms with Gasteiger partial charge in [-0.25, -0.2) is 8.42 Å². The zero-order chi connectivity index (χ0) is 21.6. The molecule has 1 amide bonds. The third-order valence-electron chi connectivity index (χ3n) is 4.68. The van der Waals surface area contributed by atoms with Crippen LogP contribution in [0, 0.1) is 0 Å². The van der Waals surface area contributed by atoms with Crippen molar-refractivity contribution >= 4 is 31.9 Å². The number of benzene rings is 3. The zero-order valence-electron chi connectivity index (χ0n) is 16.5. The number of rotatable bonds is 8. The Labute approximate surface area is 185 Å². The van der Waals surface area contributed by atoms with Gasteiger partial charge in [0, 0.05) is 4.47 Å². The Hall–Kier alpha value is -2.48. The Morgan fingerprint density at radius 1 is 0.900 bits per heavy atom. The monoisotopic (exact) mass is 486 g/mol.